The maximum absolute atomic E-state index is 14.6. The van der Waals surface area contributed by atoms with Crippen molar-refractivity contribution in [2.45, 2.75) is 40.2 Å². The van der Waals surface area contributed by atoms with Gasteiger partial charge in [0.05, 0.1) is 23.7 Å². The summed E-state index contributed by atoms with van der Waals surface area (Å²) in [4.78, 5) is 23.5. The third-order valence-electron chi connectivity index (χ3n) is 5.49. The summed E-state index contributed by atoms with van der Waals surface area (Å²) in [5, 5.41) is 14.0. The molecule has 2 heterocycles. The number of aromatic nitrogens is 2. The molecule has 1 saturated heterocycles. The minimum absolute atomic E-state index is 0.0261. The average Bonchev–Trinajstić information content (AvgIpc) is 3.19. The number of phenols is 1. The maximum atomic E-state index is 14.6. The molecule has 0 radical (unpaired) electrons. The zero-order chi connectivity index (χ0) is 23.8. The molecule has 1 aromatic heterocycles. The van der Waals surface area contributed by atoms with E-state index in [0.29, 0.717) is 31.0 Å². The van der Waals surface area contributed by atoms with Gasteiger partial charge in [-0.05, 0) is 48.6 Å². The molecule has 1 amide bonds. The number of hydrogen-bond acceptors (Lipinski definition) is 6. The highest BCUT2D eigenvalue weighted by atomic mass is 19.1. The van der Waals surface area contributed by atoms with Gasteiger partial charge in [-0.1, -0.05) is 32.9 Å². The van der Waals surface area contributed by atoms with Gasteiger partial charge in [0.2, 0.25) is 0 Å². The standard InChI is InChI=1S/C25H29FN4O3/c1-15-8-9-17-19(12-15)28-22(21-18(26)6-5-7-20(21)31)29-23(17)30-11-10-16(13-30)27-24(32)33-14-25(2,3)4/h5-9,12,16,31H,10-11,13-14H2,1-4H3,(H,27,32)/t16-/m1/s1. The van der Waals surface area contributed by atoms with Gasteiger partial charge in [0, 0.05) is 18.5 Å². The monoisotopic (exact) mass is 452 g/mol. The zero-order valence-electron chi connectivity index (χ0n) is 19.4. The van der Waals surface area contributed by atoms with E-state index in [4.69, 9.17) is 4.74 Å². The minimum atomic E-state index is -0.587. The SMILES string of the molecule is Cc1ccc2c(N3CC[C@@H](NC(=O)OCC(C)(C)C)C3)nc(-c3c(O)cccc3F)nc2c1. The summed E-state index contributed by atoms with van der Waals surface area (Å²) in [5.41, 5.74) is 1.55. The summed E-state index contributed by atoms with van der Waals surface area (Å²) in [6, 6.07) is 9.87. The maximum Gasteiger partial charge on any atom is 0.407 e. The Morgan fingerprint density at radius 1 is 1.27 bits per heavy atom. The molecule has 174 valence electrons. The second-order valence-electron chi connectivity index (χ2n) is 9.74. The van der Waals surface area contributed by atoms with E-state index in [0.717, 1.165) is 17.4 Å². The predicted octanol–water partition coefficient (Wildman–Crippen LogP) is 4.80. The van der Waals surface area contributed by atoms with Crippen LogP contribution >= 0.6 is 0 Å². The van der Waals surface area contributed by atoms with Crippen LogP contribution in [0.15, 0.2) is 36.4 Å². The lowest BCUT2D eigenvalue weighted by Gasteiger charge is -2.22. The fourth-order valence-corrected chi connectivity index (χ4v) is 3.87. The van der Waals surface area contributed by atoms with Gasteiger partial charge in [-0.2, -0.15) is 0 Å². The fraction of sp³-hybridized carbons (Fsp3) is 0.400. The first-order chi connectivity index (χ1) is 15.6. The molecule has 4 rings (SSSR count). The molecule has 3 aromatic rings. The molecule has 0 unspecified atom stereocenters. The number of fused-ring (bicyclic) bond motifs is 1. The second-order valence-corrected chi connectivity index (χ2v) is 9.74. The molecular formula is C25H29FN4O3. The van der Waals surface area contributed by atoms with Crippen molar-refractivity contribution >= 4 is 22.8 Å². The lowest BCUT2D eigenvalue weighted by atomic mass is 9.99. The number of nitrogens with zero attached hydrogens (tertiary/aromatic N) is 3. The van der Waals surface area contributed by atoms with E-state index in [2.05, 4.69) is 20.2 Å². The number of benzene rings is 2. The third-order valence-corrected chi connectivity index (χ3v) is 5.49. The number of nitrogens with one attached hydrogen (secondary N) is 1. The quantitative estimate of drug-likeness (QED) is 0.591. The minimum Gasteiger partial charge on any atom is -0.507 e. The molecule has 7 nitrogen and oxygen atoms in total. The molecule has 8 heteroatoms. The number of anilines is 1. The molecule has 1 atom stereocenters. The Hall–Kier alpha value is -3.42. The van der Waals surface area contributed by atoms with Gasteiger partial charge in [-0.15, -0.1) is 0 Å². The number of hydrogen-bond donors (Lipinski definition) is 2. The van der Waals surface area contributed by atoms with Crippen LogP contribution in [0.2, 0.25) is 0 Å². The molecule has 2 aromatic carbocycles. The Morgan fingerprint density at radius 2 is 2.06 bits per heavy atom. The van der Waals surface area contributed by atoms with Gasteiger partial charge < -0.3 is 20.1 Å². The highest BCUT2D eigenvalue weighted by Crippen LogP contribution is 2.34. The number of amides is 1. The van der Waals surface area contributed by atoms with Crippen LogP contribution in [-0.4, -0.2) is 46.9 Å². The molecular weight excluding hydrogens is 423 g/mol. The van der Waals surface area contributed by atoms with Crippen LogP contribution in [0.25, 0.3) is 22.3 Å². The third kappa shape index (κ3) is 5.16. The van der Waals surface area contributed by atoms with E-state index in [1.807, 2.05) is 45.9 Å². The van der Waals surface area contributed by atoms with Crippen molar-refractivity contribution in [2.75, 3.05) is 24.6 Å². The molecule has 33 heavy (non-hydrogen) atoms. The Balaban J connectivity index is 1.63. The first-order valence-corrected chi connectivity index (χ1v) is 11.1. The summed E-state index contributed by atoms with van der Waals surface area (Å²) in [7, 11) is 0. The lowest BCUT2D eigenvalue weighted by Crippen LogP contribution is -2.38. The van der Waals surface area contributed by atoms with Crippen LogP contribution in [-0.2, 0) is 4.74 Å². The van der Waals surface area contributed by atoms with Crippen LogP contribution in [0.1, 0.15) is 32.8 Å². The summed E-state index contributed by atoms with van der Waals surface area (Å²) in [5.74, 6) is -0.0317. The number of aromatic hydroxyl groups is 1. The van der Waals surface area contributed by atoms with Gasteiger partial charge >= 0.3 is 6.09 Å². The molecule has 0 spiro atoms. The number of carbonyl (C=O) groups is 1. The molecule has 2 N–H and O–H groups in total. The lowest BCUT2D eigenvalue weighted by molar-refractivity contribution is 0.104. The molecule has 0 aliphatic carbocycles. The smallest absolute Gasteiger partial charge is 0.407 e. The Bertz CT molecular complexity index is 1170. The highest BCUT2D eigenvalue weighted by Gasteiger charge is 2.28. The molecule has 1 fully saturated rings. The first-order valence-electron chi connectivity index (χ1n) is 11.1. The Labute approximate surface area is 192 Å². The van der Waals surface area contributed by atoms with Crippen LogP contribution < -0.4 is 10.2 Å². The summed E-state index contributed by atoms with van der Waals surface area (Å²) >= 11 is 0. The van der Waals surface area contributed by atoms with E-state index in [9.17, 15) is 14.3 Å². The largest absolute Gasteiger partial charge is 0.507 e. The summed E-state index contributed by atoms with van der Waals surface area (Å²) in [6.07, 6.45) is 0.291. The van der Waals surface area contributed by atoms with Crippen molar-refractivity contribution in [3.63, 3.8) is 0 Å². The average molecular weight is 453 g/mol. The second kappa shape index (κ2) is 8.84. The van der Waals surface area contributed by atoms with Gasteiger partial charge in [-0.25, -0.2) is 19.2 Å². The number of aryl methyl sites for hydroxylation is 1. The predicted molar refractivity (Wildman–Crippen MR) is 126 cm³/mol. The number of halogens is 1. The van der Waals surface area contributed by atoms with Crippen LogP contribution in [0.5, 0.6) is 5.75 Å². The summed E-state index contributed by atoms with van der Waals surface area (Å²) in [6.45, 7) is 9.50. The van der Waals surface area contributed by atoms with Gasteiger partial charge in [0.1, 0.15) is 17.4 Å². The topological polar surface area (TPSA) is 87.6 Å². The number of ether oxygens (including phenoxy) is 1. The van der Waals surface area contributed by atoms with Gasteiger partial charge in [0.25, 0.3) is 0 Å². The fourth-order valence-electron chi connectivity index (χ4n) is 3.87. The summed E-state index contributed by atoms with van der Waals surface area (Å²) < 4.78 is 19.9. The normalized spacial score (nSPS) is 16.3. The first kappa shape index (κ1) is 22.8. The Morgan fingerprint density at radius 3 is 2.79 bits per heavy atom. The van der Waals surface area contributed by atoms with E-state index >= 15 is 0 Å². The van der Waals surface area contributed by atoms with Crippen molar-refractivity contribution in [3.05, 3.63) is 47.8 Å². The van der Waals surface area contributed by atoms with E-state index in [1.54, 1.807) is 0 Å². The Kier molecular flexibility index (Phi) is 6.10. The zero-order valence-corrected chi connectivity index (χ0v) is 19.4. The number of carbonyl (C=O) groups excluding carboxylic acids is 1. The van der Waals surface area contributed by atoms with E-state index in [1.165, 1.54) is 18.2 Å². The van der Waals surface area contributed by atoms with Crippen LogP contribution in [0, 0.1) is 18.2 Å². The molecule has 0 saturated carbocycles. The van der Waals surface area contributed by atoms with E-state index < -0.39 is 11.9 Å². The number of alkyl carbamates (subject to hydrolysis) is 1. The highest BCUT2D eigenvalue weighted by molar-refractivity contribution is 5.92. The van der Waals surface area contributed by atoms with Crippen LogP contribution in [0.3, 0.4) is 0 Å². The van der Waals surface area contributed by atoms with Crippen molar-refractivity contribution < 1.29 is 19.0 Å². The number of phenolic OH excluding ortho intramolecular Hbond substituents is 1. The van der Waals surface area contributed by atoms with E-state index in [-0.39, 0.29) is 28.6 Å². The number of rotatable bonds is 4. The van der Waals surface area contributed by atoms with Crippen LogP contribution in [0.4, 0.5) is 15.0 Å². The van der Waals surface area contributed by atoms with Crippen molar-refractivity contribution in [2.24, 2.45) is 5.41 Å². The van der Waals surface area contributed by atoms with Gasteiger partial charge in [0.15, 0.2) is 5.82 Å². The van der Waals surface area contributed by atoms with Gasteiger partial charge in [-0.3, -0.25) is 0 Å². The van der Waals surface area contributed by atoms with Crippen molar-refractivity contribution in [1.29, 1.82) is 0 Å². The molecule has 0 bridgehead atoms. The van der Waals surface area contributed by atoms with Crippen molar-refractivity contribution in [1.82, 2.24) is 15.3 Å². The van der Waals surface area contributed by atoms with Crippen molar-refractivity contribution in [3.8, 4) is 17.1 Å². The molecule has 1 aliphatic heterocycles. The molecule has 1 aliphatic rings.